The molecule has 0 spiro atoms. The molecule has 0 bridgehead atoms. The summed E-state index contributed by atoms with van der Waals surface area (Å²) in [6.07, 6.45) is 16.3. The number of piperazine rings is 1. The van der Waals surface area contributed by atoms with Crippen LogP contribution in [-0.4, -0.2) is 54.7 Å². The Hall–Kier alpha value is -1.93. The summed E-state index contributed by atoms with van der Waals surface area (Å²) < 4.78 is 1.89. The molecule has 3 fully saturated rings. The first kappa shape index (κ1) is 32.1. The number of nitrogens with one attached hydrogen (secondary N) is 2. The normalized spacial score (nSPS) is 22.1. The van der Waals surface area contributed by atoms with Crippen molar-refractivity contribution in [2.24, 2.45) is 11.7 Å². The van der Waals surface area contributed by atoms with Crippen molar-refractivity contribution in [2.45, 2.75) is 110 Å². The lowest BCUT2D eigenvalue weighted by Crippen LogP contribution is -2.44. The monoisotopic (exact) mass is 506 g/mol. The minimum absolute atomic E-state index is 0.0742. The summed E-state index contributed by atoms with van der Waals surface area (Å²) in [4.78, 5) is 27.8. The van der Waals surface area contributed by atoms with Crippen molar-refractivity contribution in [3.05, 3.63) is 22.7 Å². The van der Waals surface area contributed by atoms with E-state index < -0.39 is 0 Å². The van der Waals surface area contributed by atoms with Gasteiger partial charge >= 0.3 is 5.69 Å². The Labute approximate surface area is 219 Å². The predicted octanol–water partition coefficient (Wildman–Crippen LogP) is 4.24. The van der Waals surface area contributed by atoms with Crippen molar-refractivity contribution in [2.75, 3.05) is 37.6 Å². The van der Waals surface area contributed by atoms with Crippen molar-refractivity contribution in [3.63, 3.8) is 0 Å². The number of primary amides is 1. The molecule has 4 rings (SSSR count). The van der Waals surface area contributed by atoms with Crippen LogP contribution in [0.15, 0.2) is 17.1 Å². The van der Waals surface area contributed by atoms with E-state index in [2.05, 4.69) is 53.9 Å². The number of carbonyl (C=O) groups is 1. The fourth-order valence-corrected chi connectivity index (χ4v) is 5.02. The summed E-state index contributed by atoms with van der Waals surface area (Å²) in [7, 11) is 0. The summed E-state index contributed by atoms with van der Waals surface area (Å²) >= 11 is 0. The minimum Gasteiger partial charge on any atom is -0.372 e. The van der Waals surface area contributed by atoms with Gasteiger partial charge in [-0.2, -0.15) is 4.98 Å². The molecule has 4 N–H and O–H groups in total. The van der Waals surface area contributed by atoms with Gasteiger partial charge in [-0.05, 0) is 57.1 Å². The van der Waals surface area contributed by atoms with Crippen LogP contribution in [0.4, 0.5) is 5.82 Å². The molecule has 0 atom stereocenters. The highest BCUT2D eigenvalue weighted by molar-refractivity contribution is 5.42. The lowest BCUT2D eigenvalue weighted by atomic mass is 9.85. The zero-order valence-corrected chi connectivity index (χ0v) is 23.5. The van der Waals surface area contributed by atoms with Crippen LogP contribution in [0.1, 0.15) is 104 Å². The second-order valence-corrected chi connectivity index (χ2v) is 10.2. The molecule has 0 radical (unpaired) electrons. The standard InChI is InChI=1S/C21H35N5O.2C3H8.CH3NO/c27-21-24-20(25-14-11-22-12-15-25)10-13-26(21)19-8-6-17(7-9-19)16-23-18-4-2-1-3-5-18;2*1-3-2;2-1-3/h10,13,17-19,22-23H,1-9,11-12,14-16H2;2*3H2,1-2H3;1H,(H2,2,3). The number of amides is 1. The highest BCUT2D eigenvalue weighted by Crippen LogP contribution is 2.31. The maximum absolute atomic E-state index is 12.6. The van der Waals surface area contributed by atoms with E-state index in [4.69, 9.17) is 4.79 Å². The van der Waals surface area contributed by atoms with E-state index in [0.717, 1.165) is 63.3 Å². The molecule has 1 aromatic rings. The van der Waals surface area contributed by atoms with Crippen LogP contribution in [0.5, 0.6) is 0 Å². The zero-order valence-electron chi connectivity index (χ0n) is 23.5. The molecular weight excluding hydrogens is 452 g/mol. The maximum atomic E-state index is 12.6. The summed E-state index contributed by atoms with van der Waals surface area (Å²) in [5.74, 6) is 1.61. The first-order valence-electron chi connectivity index (χ1n) is 14.5. The summed E-state index contributed by atoms with van der Waals surface area (Å²) in [5, 5.41) is 7.15. The molecule has 1 amide bonds. The Morgan fingerprint density at radius 3 is 2.08 bits per heavy atom. The van der Waals surface area contributed by atoms with Crippen molar-refractivity contribution >= 4 is 12.2 Å². The Bertz CT molecular complexity index is 719. The molecule has 3 aliphatic rings. The Morgan fingerprint density at radius 1 is 1.00 bits per heavy atom. The van der Waals surface area contributed by atoms with E-state index in [1.807, 2.05) is 16.8 Å². The third-order valence-electron chi connectivity index (χ3n) is 6.77. The van der Waals surface area contributed by atoms with E-state index in [9.17, 15) is 4.79 Å². The van der Waals surface area contributed by atoms with Crippen LogP contribution in [-0.2, 0) is 4.79 Å². The lowest BCUT2D eigenvalue weighted by molar-refractivity contribution is -0.106. The molecule has 1 saturated heterocycles. The number of hydrogen-bond donors (Lipinski definition) is 3. The van der Waals surface area contributed by atoms with Gasteiger partial charge in [0.05, 0.1) is 0 Å². The fraction of sp³-hybridized carbons (Fsp3) is 0.821. The smallest absolute Gasteiger partial charge is 0.349 e. The lowest BCUT2D eigenvalue weighted by Gasteiger charge is -2.32. The van der Waals surface area contributed by atoms with Crippen molar-refractivity contribution in [1.82, 2.24) is 20.2 Å². The zero-order chi connectivity index (χ0) is 26.6. The quantitative estimate of drug-likeness (QED) is 0.516. The summed E-state index contributed by atoms with van der Waals surface area (Å²) in [5.41, 5.74) is 4.09. The number of nitrogens with zero attached hydrogens (tertiary/aromatic N) is 3. The van der Waals surface area contributed by atoms with Gasteiger partial charge in [-0.3, -0.25) is 9.36 Å². The third-order valence-corrected chi connectivity index (χ3v) is 6.77. The van der Waals surface area contributed by atoms with Crippen molar-refractivity contribution in [3.8, 4) is 0 Å². The summed E-state index contributed by atoms with van der Waals surface area (Å²) in [6, 6.07) is 3.11. The molecule has 1 aromatic heterocycles. The van der Waals surface area contributed by atoms with E-state index in [-0.39, 0.29) is 12.1 Å². The van der Waals surface area contributed by atoms with Gasteiger partial charge in [0.1, 0.15) is 5.82 Å². The van der Waals surface area contributed by atoms with E-state index in [1.54, 1.807) is 0 Å². The van der Waals surface area contributed by atoms with Crippen LogP contribution >= 0.6 is 0 Å². The predicted molar refractivity (Wildman–Crippen MR) is 152 cm³/mol. The molecule has 0 aromatic carbocycles. The van der Waals surface area contributed by atoms with Crippen LogP contribution in [0.25, 0.3) is 0 Å². The molecule has 208 valence electrons. The number of aromatic nitrogens is 2. The minimum atomic E-state index is -0.0742. The highest BCUT2D eigenvalue weighted by Gasteiger charge is 2.24. The van der Waals surface area contributed by atoms with Crippen LogP contribution in [0, 0.1) is 5.92 Å². The Balaban J connectivity index is 0.000000633. The van der Waals surface area contributed by atoms with Gasteiger partial charge in [-0.25, -0.2) is 4.79 Å². The second-order valence-electron chi connectivity index (χ2n) is 10.2. The van der Waals surface area contributed by atoms with E-state index >= 15 is 0 Å². The average molecular weight is 507 g/mol. The molecular formula is C28H54N6O2. The van der Waals surface area contributed by atoms with Crippen LogP contribution in [0.2, 0.25) is 0 Å². The first-order valence-corrected chi connectivity index (χ1v) is 14.5. The molecule has 0 unspecified atom stereocenters. The Kier molecular flexibility index (Phi) is 18.0. The third kappa shape index (κ3) is 12.3. The number of nitrogens with two attached hydrogens (primary N) is 1. The van der Waals surface area contributed by atoms with Crippen LogP contribution in [0.3, 0.4) is 0 Å². The number of anilines is 1. The molecule has 2 aliphatic carbocycles. The van der Waals surface area contributed by atoms with E-state index in [0.29, 0.717) is 6.04 Å². The molecule has 8 heteroatoms. The maximum Gasteiger partial charge on any atom is 0.349 e. The van der Waals surface area contributed by atoms with Gasteiger partial charge < -0.3 is 21.3 Å². The van der Waals surface area contributed by atoms with Crippen molar-refractivity contribution < 1.29 is 4.79 Å². The second kappa shape index (κ2) is 20.2. The van der Waals surface area contributed by atoms with Gasteiger partial charge in [0.15, 0.2) is 0 Å². The summed E-state index contributed by atoms with van der Waals surface area (Å²) in [6.45, 7) is 13.4. The van der Waals surface area contributed by atoms with Gasteiger partial charge in [0.25, 0.3) is 0 Å². The Morgan fingerprint density at radius 2 is 1.56 bits per heavy atom. The van der Waals surface area contributed by atoms with Gasteiger partial charge in [0.2, 0.25) is 6.41 Å². The number of rotatable bonds is 5. The van der Waals surface area contributed by atoms with E-state index in [1.165, 1.54) is 57.8 Å². The topological polar surface area (TPSA) is 105 Å². The molecule has 8 nitrogen and oxygen atoms in total. The average Bonchev–Trinajstić information content (AvgIpc) is 2.90. The number of hydrogen-bond acceptors (Lipinski definition) is 6. The fourth-order valence-electron chi connectivity index (χ4n) is 5.02. The number of carbonyl (C=O) groups excluding carboxylic acids is 1. The van der Waals surface area contributed by atoms with Crippen molar-refractivity contribution in [1.29, 1.82) is 0 Å². The molecule has 1 aliphatic heterocycles. The largest absolute Gasteiger partial charge is 0.372 e. The van der Waals surface area contributed by atoms with Gasteiger partial charge in [-0.1, -0.05) is 59.8 Å². The molecule has 36 heavy (non-hydrogen) atoms. The SMILES string of the molecule is CCC.CCC.NC=O.O=c1nc(N2CCNCC2)ccn1C1CCC(CNC2CCCCC2)CC1. The molecule has 2 heterocycles. The highest BCUT2D eigenvalue weighted by atomic mass is 16.1. The van der Waals surface area contributed by atoms with Crippen LogP contribution < -0.4 is 27.0 Å². The molecule has 2 saturated carbocycles. The first-order chi connectivity index (χ1) is 17.5. The van der Waals surface area contributed by atoms with Gasteiger partial charge in [-0.15, -0.1) is 0 Å². The van der Waals surface area contributed by atoms with Gasteiger partial charge in [0, 0.05) is 44.5 Å².